The highest BCUT2D eigenvalue weighted by Gasteiger charge is 2.32. The average Bonchev–Trinajstić information content (AvgIpc) is 2.85. The predicted octanol–water partition coefficient (Wildman–Crippen LogP) is 2.48. The molecular weight excluding hydrogens is 432 g/mol. The van der Waals surface area contributed by atoms with Gasteiger partial charge in [-0.15, -0.1) is 0 Å². The highest BCUT2D eigenvalue weighted by molar-refractivity contribution is 6.15. The SMILES string of the molecule is [C-]#[N+]c1ccc(/C=C2\CN(C(=O)[C@@H](CO)NC(C)=O)C/C(=C\c3ccc(C#N)cc3)C2=O)cc1. The molecule has 0 bridgehead atoms. The van der Waals surface area contributed by atoms with E-state index < -0.39 is 24.5 Å². The molecule has 3 rings (SSSR count). The molecule has 1 heterocycles. The normalized spacial score (nSPS) is 16.6. The molecular formula is C26H22N4O4. The Morgan fingerprint density at radius 1 is 1.12 bits per heavy atom. The van der Waals surface area contributed by atoms with Crippen molar-refractivity contribution in [2.24, 2.45) is 0 Å². The van der Waals surface area contributed by atoms with Gasteiger partial charge in [0.2, 0.25) is 11.8 Å². The average molecular weight is 454 g/mol. The van der Waals surface area contributed by atoms with Crippen LogP contribution in [0.15, 0.2) is 59.7 Å². The van der Waals surface area contributed by atoms with Crippen molar-refractivity contribution in [3.05, 3.63) is 87.8 Å². The van der Waals surface area contributed by atoms with Gasteiger partial charge < -0.3 is 15.3 Å². The summed E-state index contributed by atoms with van der Waals surface area (Å²) in [4.78, 5) is 42.5. The van der Waals surface area contributed by atoms with Crippen LogP contribution in [-0.2, 0) is 14.4 Å². The van der Waals surface area contributed by atoms with Gasteiger partial charge in [0.05, 0.1) is 24.8 Å². The van der Waals surface area contributed by atoms with Crippen molar-refractivity contribution in [3.63, 3.8) is 0 Å². The molecule has 34 heavy (non-hydrogen) atoms. The van der Waals surface area contributed by atoms with E-state index in [4.69, 9.17) is 11.8 Å². The minimum atomic E-state index is -1.12. The van der Waals surface area contributed by atoms with E-state index in [-0.39, 0.29) is 18.9 Å². The van der Waals surface area contributed by atoms with Crippen LogP contribution in [0.4, 0.5) is 5.69 Å². The Labute approximate surface area is 197 Å². The third kappa shape index (κ3) is 5.83. The Balaban J connectivity index is 1.99. The van der Waals surface area contributed by atoms with Crippen molar-refractivity contribution in [2.45, 2.75) is 13.0 Å². The first-order chi connectivity index (χ1) is 16.3. The predicted molar refractivity (Wildman–Crippen MR) is 126 cm³/mol. The van der Waals surface area contributed by atoms with Crippen LogP contribution in [0.1, 0.15) is 23.6 Å². The van der Waals surface area contributed by atoms with Gasteiger partial charge in [0.15, 0.2) is 11.5 Å². The van der Waals surface area contributed by atoms with Gasteiger partial charge in [0.1, 0.15) is 6.04 Å². The number of ketones is 1. The number of hydrogen-bond acceptors (Lipinski definition) is 5. The van der Waals surface area contributed by atoms with Crippen LogP contribution in [0.2, 0.25) is 0 Å². The second-order valence-electron chi connectivity index (χ2n) is 7.74. The van der Waals surface area contributed by atoms with Crippen LogP contribution >= 0.6 is 0 Å². The molecule has 1 fully saturated rings. The number of hydrogen-bond donors (Lipinski definition) is 2. The molecule has 2 aromatic carbocycles. The Kier molecular flexibility index (Phi) is 7.71. The van der Waals surface area contributed by atoms with E-state index in [1.165, 1.54) is 11.8 Å². The van der Waals surface area contributed by atoms with E-state index >= 15 is 0 Å². The molecule has 0 spiro atoms. The quantitative estimate of drug-likeness (QED) is 0.532. The van der Waals surface area contributed by atoms with Gasteiger partial charge in [0.25, 0.3) is 0 Å². The zero-order valence-corrected chi connectivity index (χ0v) is 18.5. The molecule has 2 N–H and O–H groups in total. The minimum Gasteiger partial charge on any atom is -0.394 e. The molecule has 2 amide bonds. The van der Waals surface area contributed by atoms with E-state index in [0.717, 1.165) is 0 Å². The standard InChI is InChI=1S/C26H22N4O4/c1-17(32)29-24(16-31)26(34)30-14-21(11-18-3-5-20(13-27)6-4-18)25(33)22(15-30)12-19-7-9-23(28-2)10-8-19/h3-12,24,31H,14-16H2,1H3,(H,29,32)/b21-11+,22-12+/t24-/m1/s1. The van der Waals surface area contributed by atoms with Gasteiger partial charge in [-0.1, -0.05) is 36.4 Å². The van der Waals surface area contributed by atoms with Crippen LogP contribution < -0.4 is 5.32 Å². The summed E-state index contributed by atoms with van der Waals surface area (Å²) < 4.78 is 0. The second-order valence-corrected chi connectivity index (χ2v) is 7.74. The van der Waals surface area contributed by atoms with E-state index in [1.54, 1.807) is 60.7 Å². The van der Waals surface area contributed by atoms with Gasteiger partial charge in [-0.05, 0) is 35.4 Å². The monoisotopic (exact) mass is 454 g/mol. The number of likely N-dealkylation sites (tertiary alicyclic amines) is 1. The van der Waals surface area contributed by atoms with Gasteiger partial charge in [0, 0.05) is 31.2 Å². The number of nitrogens with zero attached hydrogens (tertiary/aromatic N) is 3. The molecule has 0 unspecified atom stereocenters. The summed E-state index contributed by atoms with van der Waals surface area (Å²) in [6, 6.07) is 14.3. The fraction of sp³-hybridized carbons (Fsp3) is 0.192. The lowest BCUT2D eigenvalue weighted by Crippen LogP contribution is -2.53. The lowest BCUT2D eigenvalue weighted by molar-refractivity contribution is -0.137. The van der Waals surface area contributed by atoms with Gasteiger partial charge in [-0.3, -0.25) is 14.4 Å². The van der Waals surface area contributed by atoms with Gasteiger partial charge >= 0.3 is 0 Å². The molecule has 1 aliphatic heterocycles. The molecule has 1 aliphatic rings. The number of piperidine rings is 1. The Morgan fingerprint density at radius 2 is 1.65 bits per heavy atom. The van der Waals surface area contributed by atoms with Crippen molar-refractivity contribution in [1.82, 2.24) is 10.2 Å². The first-order valence-electron chi connectivity index (χ1n) is 10.4. The first-order valence-corrected chi connectivity index (χ1v) is 10.4. The second kappa shape index (κ2) is 10.9. The largest absolute Gasteiger partial charge is 0.394 e. The topological polar surface area (TPSA) is 115 Å². The summed E-state index contributed by atoms with van der Waals surface area (Å²) >= 11 is 0. The number of rotatable bonds is 5. The third-order valence-corrected chi connectivity index (χ3v) is 5.22. The smallest absolute Gasteiger partial charge is 0.248 e. The molecule has 170 valence electrons. The highest BCUT2D eigenvalue weighted by Crippen LogP contribution is 2.24. The fourth-order valence-corrected chi connectivity index (χ4v) is 3.55. The zero-order valence-electron chi connectivity index (χ0n) is 18.5. The van der Waals surface area contributed by atoms with Crippen molar-refractivity contribution in [1.29, 1.82) is 5.26 Å². The summed E-state index contributed by atoms with van der Waals surface area (Å²) in [6.07, 6.45) is 3.32. The zero-order chi connectivity index (χ0) is 24.7. The molecule has 0 aliphatic carbocycles. The number of Topliss-reactive ketones (excluding diaryl/α,β-unsaturated/α-hetero) is 1. The van der Waals surface area contributed by atoms with Crippen molar-refractivity contribution < 1.29 is 19.5 Å². The van der Waals surface area contributed by atoms with Gasteiger partial charge in [-0.2, -0.15) is 5.26 Å². The summed E-state index contributed by atoms with van der Waals surface area (Å²) in [6.45, 7) is 7.76. The fourth-order valence-electron chi connectivity index (χ4n) is 3.55. The van der Waals surface area contributed by atoms with Crippen LogP contribution in [-0.4, -0.2) is 53.3 Å². The molecule has 8 nitrogen and oxygen atoms in total. The molecule has 0 radical (unpaired) electrons. The number of aliphatic hydroxyl groups excluding tert-OH is 1. The maximum Gasteiger partial charge on any atom is 0.248 e. The molecule has 0 saturated carbocycles. The Bertz CT molecular complexity index is 1170. The van der Waals surface area contributed by atoms with Crippen LogP contribution in [0, 0.1) is 17.9 Å². The highest BCUT2D eigenvalue weighted by atomic mass is 16.3. The van der Waals surface area contributed by atoms with E-state index in [9.17, 15) is 19.5 Å². The first kappa shape index (κ1) is 24.1. The van der Waals surface area contributed by atoms with Crippen molar-refractivity contribution >= 4 is 35.4 Å². The molecule has 2 aromatic rings. The van der Waals surface area contributed by atoms with E-state index in [1.807, 2.05) is 6.07 Å². The third-order valence-electron chi connectivity index (χ3n) is 5.22. The Hall–Kier alpha value is -4.53. The molecule has 8 heteroatoms. The molecule has 1 atom stereocenters. The maximum absolute atomic E-state index is 13.3. The number of nitrogens with one attached hydrogen (secondary N) is 1. The maximum atomic E-state index is 13.3. The van der Waals surface area contributed by atoms with Crippen LogP contribution in [0.3, 0.4) is 0 Å². The minimum absolute atomic E-state index is 0.00174. The summed E-state index contributed by atoms with van der Waals surface area (Å²) in [7, 11) is 0. The van der Waals surface area contributed by atoms with E-state index in [0.29, 0.717) is 33.5 Å². The lowest BCUT2D eigenvalue weighted by atomic mass is 9.93. The number of carbonyl (C=O) groups is 3. The van der Waals surface area contributed by atoms with Crippen LogP contribution in [0.25, 0.3) is 17.0 Å². The van der Waals surface area contributed by atoms with Crippen LogP contribution in [0.5, 0.6) is 0 Å². The number of benzene rings is 2. The summed E-state index contributed by atoms with van der Waals surface area (Å²) in [5, 5.41) is 21.0. The number of aliphatic hydroxyl groups is 1. The van der Waals surface area contributed by atoms with Gasteiger partial charge in [-0.25, -0.2) is 4.85 Å². The number of carbonyl (C=O) groups excluding carboxylic acids is 3. The summed E-state index contributed by atoms with van der Waals surface area (Å²) in [5.74, 6) is -1.20. The van der Waals surface area contributed by atoms with Crippen molar-refractivity contribution in [3.8, 4) is 6.07 Å². The molecule has 1 saturated heterocycles. The molecule has 0 aromatic heterocycles. The van der Waals surface area contributed by atoms with E-state index in [2.05, 4.69) is 10.2 Å². The number of nitriles is 1. The summed E-state index contributed by atoms with van der Waals surface area (Å²) in [5.41, 5.74) is 3.05. The number of amides is 2. The lowest BCUT2D eigenvalue weighted by Gasteiger charge is -2.32. The van der Waals surface area contributed by atoms with Crippen molar-refractivity contribution in [2.75, 3.05) is 19.7 Å². The Morgan fingerprint density at radius 3 is 2.09 bits per heavy atom.